The number of aromatic nitrogens is 4. The lowest BCUT2D eigenvalue weighted by molar-refractivity contribution is 0.0301. The van der Waals surface area contributed by atoms with Gasteiger partial charge < -0.3 is 25.3 Å². The number of rotatable bonds is 5. The first-order chi connectivity index (χ1) is 15.6. The van der Waals surface area contributed by atoms with Crippen LogP contribution in [0.2, 0.25) is 0 Å². The summed E-state index contributed by atoms with van der Waals surface area (Å²) < 4.78 is 22.3. The van der Waals surface area contributed by atoms with Crippen molar-refractivity contribution in [2.24, 2.45) is 0 Å². The predicted octanol–water partition coefficient (Wildman–Crippen LogP) is 1.84. The van der Waals surface area contributed by atoms with E-state index in [1.165, 1.54) is 12.4 Å². The molecule has 1 saturated heterocycles. The SMILES string of the molecule is N#Cc1c(N)ncnc1NCc1nc2ccc(F)c(C(=O)N3CCOCC3)c2n1C1CC1. The average Bonchev–Trinajstić information content (AvgIpc) is 3.58. The molecule has 5 rings (SSSR count). The van der Waals surface area contributed by atoms with E-state index in [0.29, 0.717) is 49.0 Å². The molecule has 1 saturated carbocycles. The fourth-order valence-corrected chi connectivity index (χ4v) is 4.00. The van der Waals surface area contributed by atoms with Crippen molar-refractivity contribution in [1.82, 2.24) is 24.4 Å². The van der Waals surface area contributed by atoms with Crippen molar-refractivity contribution >= 4 is 28.6 Å². The van der Waals surface area contributed by atoms with Crippen molar-refractivity contribution in [1.29, 1.82) is 5.26 Å². The van der Waals surface area contributed by atoms with E-state index in [1.807, 2.05) is 10.6 Å². The van der Waals surface area contributed by atoms with Crippen molar-refractivity contribution in [3.05, 3.63) is 41.2 Å². The third kappa shape index (κ3) is 3.48. The number of nitriles is 1. The van der Waals surface area contributed by atoms with Crippen LogP contribution in [0.5, 0.6) is 0 Å². The third-order valence-corrected chi connectivity index (χ3v) is 5.70. The van der Waals surface area contributed by atoms with Gasteiger partial charge in [-0.25, -0.2) is 19.3 Å². The number of morpholine rings is 1. The van der Waals surface area contributed by atoms with Crippen LogP contribution >= 0.6 is 0 Å². The number of hydrogen-bond acceptors (Lipinski definition) is 8. The number of benzene rings is 1. The van der Waals surface area contributed by atoms with Crippen LogP contribution in [-0.2, 0) is 11.3 Å². The summed E-state index contributed by atoms with van der Waals surface area (Å²) in [4.78, 5) is 27.5. The maximum atomic E-state index is 15.0. The summed E-state index contributed by atoms with van der Waals surface area (Å²) in [6.07, 6.45) is 3.12. The normalized spacial score (nSPS) is 16.2. The summed E-state index contributed by atoms with van der Waals surface area (Å²) in [5.74, 6) is 0.0928. The summed E-state index contributed by atoms with van der Waals surface area (Å²) in [6, 6.07) is 5.01. The molecule has 3 heterocycles. The van der Waals surface area contributed by atoms with Gasteiger partial charge in [0.15, 0.2) is 0 Å². The molecule has 0 bridgehead atoms. The van der Waals surface area contributed by atoms with E-state index >= 15 is 0 Å². The van der Waals surface area contributed by atoms with Crippen molar-refractivity contribution < 1.29 is 13.9 Å². The summed E-state index contributed by atoms with van der Waals surface area (Å²) >= 11 is 0. The van der Waals surface area contributed by atoms with E-state index in [1.54, 1.807) is 11.0 Å². The van der Waals surface area contributed by atoms with Gasteiger partial charge >= 0.3 is 0 Å². The molecule has 0 atom stereocenters. The van der Waals surface area contributed by atoms with Crippen LogP contribution in [0.4, 0.5) is 16.0 Å². The predicted molar refractivity (Wildman–Crippen MR) is 113 cm³/mol. The minimum atomic E-state index is -0.564. The fourth-order valence-electron chi connectivity index (χ4n) is 4.00. The molecule has 1 aliphatic carbocycles. The zero-order chi connectivity index (χ0) is 22.2. The number of nitrogens with zero attached hydrogens (tertiary/aromatic N) is 6. The Morgan fingerprint density at radius 3 is 2.81 bits per heavy atom. The van der Waals surface area contributed by atoms with Crippen molar-refractivity contribution in [2.45, 2.75) is 25.4 Å². The molecular formula is C21H21FN8O2. The summed E-state index contributed by atoms with van der Waals surface area (Å²) in [5, 5.41) is 12.4. The van der Waals surface area contributed by atoms with Gasteiger partial charge in [0.2, 0.25) is 0 Å². The average molecular weight is 436 g/mol. The van der Waals surface area contributed by atoms with Gasteiger partial charge in [0.25, 0.3) is 5.91 Å². The highest BCUT2D eigenvalue weighted by atomic mass is 19.1. The number of nitrogen functional groups attached to an aromatic ring is 1. The van der Waals surface area contributed by atoms with Gasteiger partial charge in [-0.2, -0.15) is 5.26 Å². The molecule has 164 valence electrons. The molecule has 0 radical (unpaired) electrons. The van der Waals surface area contributed by atoms with Gasteiger partial charge in [0, 0.05) is 19.1 Å². The van der Waals surface area contributed by atoms with Crippen LogP contribution in [0.25, 0.3) is 11.0 Å². The van der Waals surface area contributed by atoms with Gasteiger partial charge in [-0.1, -0.05) is 0 Å². The van der Waals surface area contributed by atoms with E-state index in [-0.39, 0.29) is 35.4 Å². The Kier molecular flexibility index (Phi) is 5.07. The summed E-state index contributed by atoms with van der Waals surface area (Å²) in [6.45, 7) is 1.94. The number of nitrogens with two attached hydrogens (primary N) is 1. The molecule has 1 aromatic carbocycles. The van der Waals surface area contributed by atoms with E-state index in [2.05, 4.69) is 20.3 Å². The number of amides is 1. The molecule has 0 unspecified atom stereocenters. The number of imidazole rings is 1. The van der Waals surface area contributed by atoms with Gasteiger partial charge in [0.05, 0.1) is 30.8 Å². The Balaban J connectivity index is 1.55. The van der Waals surface area contributed by atoms with Crippen LogP contribution in [0.3, 0.4) is 0 Å². The molecule has 3 N–H and O–H groups in total. The lowest BCUT2D eigenvalue weighted by Crippen LogP contribution is -2.41. The minimum absolute atomic E-state index is 0.0408. The fraction of sp³-hybridized carbons (Fsp3) is 0.381. The molecular weight excluding hydrogens is 415 g/mol. The number of ether oxygens (including phenoxy) is 1. The smallest absolute Gasteiger partial charge is 0.259 e. The first-order valence-corrected chi connectivity index (χ1v) is 10.4. The minimum Gasteiger partial charge on any atom is -0.382 e. The third-order valence-electron chi connectivity index (χ3n) is 5.70. The van der Waals surface area contributed by atoms with Crippen LogP contribution in [-0.4, -0.2) is 56.6 Å². The largest absolute Gasteiger partial charge is 0.382 e. The molecule has 2 aromatic heterocycles. The molecule has 11 heteroatoms. The van der Waals surface area contributed by atoms with Gasteiger partial charge in [-0.05, 0) is 25.0 Å². The number of halogens is 1. The number of anilines is 2. The van der Waals surface area contributed by atoms with Crippen molar-refractivity contribution in [3.63, 3.8) is 0 Å². The van der Waals surface area contributed by atoms with Gasteiger partial charge in [-0.15, -0.1) is 0 Å². The second-order valence-corrected chi connectivity index (χ2v) is 7.77. The number of carbonyl (C=O) groups is 1. The summed E-state index contributed by atoms with van der Waals surface area (Å²) in [7, 11) is 0. The van der Waals surface area contributed by atoms with Crippen LogP contribution in [0, 0.1) is 17.1 Å². The van der Waals surface area contributed by atoms with Crippen LogP contribution in [0.15, 0.2) is 18.5 Å². The van der Waals surface area contributed by atoms with E-state index in [9.17, 15) is 14.4 Å². The standard InChI is InChI=1S/C21H21FN8O2/c22-14-3-4-15-18(17(14)21(31)29-5-7-32-8-6-29)30(12-1-2-12)16(28-15)10-25-20-13(9-23)19(24)26-11-27-20/h3-4,11-12H,1-2,5-8,10H2,(H3,24,25,26,27). The molecule has 2 aliphatic rings. The zero-order valence-corrected chi connectivity index (χ0v) is 17.2. The van der Waals surface area contributed by atoms with Crippen LogP contribution < -0.4 is 11.1 Å². The molecule has 32 heavy (non-hydrogen) atoms. The first kappa shape index (κ1) is 20.1. The number of hydrogen-bond donors (Lipinski definition) is 2. The number of fused-ring (bicyclic) bond motifs is 1. The number of carbonyl (C=O) groups excluding carboxylic acids is 1. The highest BCUT2D eigenvalue weighted by molar-refractivity contribution is 6.05. The van der Waals surface area contributed by atoms with Gasteiger partial charge in [0.1, 0.15) is 46.8 Å². The molecule has 1 amide bonds. The lowest BCUT2D eigenvalue weighted by Gasteiger charge is -2.27. The maximum Gasteiger partial charge on any atom is 0.259 e. The van der Waals surface area contributed by atoms with Crippen LogP contribution in [0.1, 0.15) is 40.6 Å². The quantitative estimate of drug-likeness (QED) is 0.619. The zero-order valence-electron chi connectivity index (χ0n) is 17.2. The lowest BCUT2D eigenvalue weighted by atomic mass is 10.1. The van der Waals surface area contributed by atoms with E-state index in [4.69, 9.17) is 10.5 Å². The Bertz CT molecular complexity index is 1240. The van der Waals surface area contributed by atoms with Crippen molar-refractivity contribution in [3.8, 4) is 6.07 Å². The molecule has 0 spiro atoms. The van der Waals surface area contributed by atoms with Crippen molar-refractivity contribution in [2.75, 3.05) is 37.4 Å². The molecule has 2 fully saturated rings. The summed E-state index contributed by atoms with van der Waals surface area (Å²) in [5.41, 5.74) is 7.01. The second-order valence-electron chi connectivity index (χ2n) is 7.77. The molecule has 3 aromatic rings. The molecule has 1 aliphatic heterocycles. The second kappa shape index (κ2) is 8.05. The Labute approximate surface area is 182 Å². The Morgan fingerprint density at radius 2 is 2.09 bits per heavy atom. The van der Waals surface area contributed by atoms with E-state index < -0.39 is 5.82 Å². The van der Waals surface area contributed by atoms with E-state index in [0.717, 1.165) is 12.8 Å². The topological polar surface area (TPSA) is 135 Å². The monoisotopic (exact) mass is 436 g/mol. The Hall–Kier alpha value is -3.78. The molecule has 10 nitrogen and oxygen atoms in total. The Morgan fingerprint density at radius 1 is 1.31 bits per heavy atom. The van der Waals surface area contributed by atoms with Gasteiger partial charge in [-0.3, -0.25) is 4.79 Å². The number of nitrogens with one attached hydrogen (secondary N) is 1. The first-order valence-electron chi connectivity index (χ1n) is 10.4. The highest BCUT2D eigenvalue weighted by Gasteiger charge is 2.33. The highest BCUT2D eigenvalue weighted by Crippen LogP contribution is 2.40. The maximum absolute atomic E-state index is 15.0.